The van der Waals surface area contributed by atoms with Gasteiger partial charge in [-0.25, -0.2) is 4.79 Å². The summed E-state index contributed by atoms with van der Waals surface area (Å²) in [6.07, 6.45) is 0. The standard InChI is InChI=1S/C9H11BrN2O2/c1-14-9(13)6-2-3-8(12-11)7(4-6)5-10/h2-4,12H,5,11H2,1H3. The van der Waals surface area contributed by atoms with Crippen LogP contribution in [0.4, 0.5) is 5.69 Å². The predicted octanol–water partition coefficient (Wildman–Crippen LogP) is 1.65. The van der Waals surface area contributed by atoms with Gasteiger partial charge in [-0.1, -0.05) is 15.9 Å². The number of methoxy groups -OCH3 is 1. The summed E-state index contributed by atoms with van der Waals surface area (Å²) in [6.45, 7) is 0. The van der Waals surface area contributed by atoms with E-state index in [2.05, 4.69) is 26.1 Å². The molecule has 0 saturated carbocycles. The third-order valence-electron chi connectivity index (χ3n) is 1.83. The number of nitrogen functional groups attached to an aromatic ring is 1. The first kappa shape index (κ1) is 11.0. The SMILES string of the molecule is COC(=O)c1ccc(NN)c(CBr)c1. The number of nitrogens with one attached hydrogen (secondary N) is 1. The summed E-state index contributed by atoms with van der Waals surface area (Å²) >= 11 is 3.31. The van der Waals surface area contributed by atoms with E-state index in [-0.39, 0.29) is 5.97 Å². The molecule has 0 fully saturated rings. The lowest BCUT2D eigenvalue weighted by Gasteiger charge is -2.07. The second-order valence-electron chi connectivity index (χ2n) is 2.64. The second-order valence-corrected chi connectivity index (χ2v) is 3.20. The average Bonchev–Trinajstić information content (AvgIpc) is 2.26. The van der Waals surface area contributed by atoms with E-state index in [0.29, 0.717) is 10.9 Å². The van der Waals surface area contributed by atoms with E-state index >= 15 is 0 Å². The molecule has 0 aliphatic carbocycles. The van der Waals surface area contributed by atoms with E-state index in [1.54, 1.807) is 18.2 Å². The van der Waals surface area contributed by atoms with Crippen molar-refractivity contribution in [3.63, 3.8) is 0 Å². The number of ether oxygens (including phenoxy) is 1. The van der Waals surface area contributed by atoms with E-state index < -0.39 is 0 Å². The summed E-state index contributed by atoms with van der Waals surface area (Å²) in [6, 6.07) is 5.13. The average molecular weight is 259 g/mol. The molecule has 76 valence electrons. The molecule has 1 aromatic rings. The van der Waals surface area contributed by atoms with Crippen LogP contribution in [0.25, 0.3) is 0 Å². The third-order valence-corrected chi connectivity index (χ3v) is 2.43. The lowest BCUT2D eigenvalue weighted by molar-refractivity contribution is 0.0600. The fourth-order valence-electron chi connectivity index (χ4n) is 1.09. The zero-order chi connectivity index (χ0) is 10.6. The molecule has 0 heterocycles. The van der Waals surface area contributed by atoms with Crippen LogP contribution in [0.2, 0.25) is 0 Å². The first-order valence-electron chi connectivity index (χ1n) is 3.96. The predicted molar refractivity (Wildman–Crippen MR) is 58.2 cm³/mol. The van der Waals surface area contributed by atoms with Gasteiger partial charge in [0, 0.05) is 5.33 Å². The van der Waals surface area contributed by atoms with Crippen molar-refractivity contribution in [1.29, 1.82) is 0 Å². The highest BCUT2D eigenvalue weighted by Crippen LogP contribution is 2.19. The molecule has 0 aromatic heterocycles. The number of halogens is 1. The molecule has 14 heavy (non-hydrogen) atoms. The van der Waals surface area contributed by atoms with Crippen molar-refractivity contribution in [2.75, 3.05) is 12.5 Å². The normalized spacial score (nSPS) is 9.64. The fraction of sp³-hybridized carbons (Fsp3) is 0.222. The summed E-state index contributed by atoms with van der Waals surface area (Å²) in [5.41, 5.74) is 4.76. The van der Waals surface area contributed by atoms with Crippen molar-refractivity contribution in [2.45, 2.75) is 5.33 Å². The van der Waals surface area contributed by atoms with Crippen molar-refractivity contribution >= 4 is 27.6 Å². The van der Waals surface area contributed by atoms with Crippen molar-refractivity contribution in [3.05, 3.63) is 29.3 Å². The topological polar surface area (TPSA) is 64.3 Å². The maximum atomic E-state index is 11.2. The molecule has 0 saturated heterocycles. The smallest absolute Gasteiger partial charge is 0.337 e. The Morgan fingerprint density at radius 1 is 1.64 bits per heavy atom. The van der Waals surface area contributed by atoms with Gasteiger partial charge in [0.25, 0.3) is 0 Å². The minimum Gasteiger partial charge on any atom is -0.465 e. The van der Waals surface area contributed by atoms with Crippen LogP contribution in [-0.4, -0.2) is 13.1 Å². The Kier molecular flexibility index (Phi) is 3.91. The van der Waals surface area contributed by atoms with Crippen LogP contribution in [0.3, 0.4) is 0 Å². The molecule has 1 aromatic carbocycles. The molecule has 0 spiro atoms. The van der Waals surface area contributed by atoms with Gasteiger partial charge in [0.2, 0.25) is 0 Å². The largest absolute Gasteiger partial charge is 0.465 e. The van der Waals surface area contributed by atoms with Gasteiger partial charge in [0.05, 0.1) is 18.4 Å². The number of hydrogen-bond acceptors (Lipinski definition) is 4. The second kappa shape index (κ2) is 4.97. The first-order valence-corrected chi connectivity index (χ1v) is 5.09. The summed E-state index contributed by atoms with van der Waals surface area (Å²) in [7, 11) is 1.35. The highest BCUT2D eigenvalue weighted by molar-refractivity contribution is 9.08. The maximum Gasteiger partial charge on any atom is 0.337 e. The molecule has 0 bridgehead atoms. The maximum absolute atomic E-state index is 11.2. The molecular formula is C9H11BrN2O2. The number of carbonyl (C=O) groups is 1. The summed E-state index contributed by atoms with van der Waals surface area (Å²) in [4.78, 5) is 11.2. The highest BCUT2D eigenvalue weighted by atomic mass is 79.9. The molecule has 0 amide bonds. The fourth-order valence-corrected chi connectivity index (χ4v) is 1.55. The van der Waals surface area contributed by atoms with E-state index in [0.717, 1.165) is 11.3 Å². The van der Waals surface area contributed by atoms with Crippen LogP contribution in [0.15, 0.2) is 18.2 Å². The minimum atomic E-state index is -0.351. The Morgan fingerprint density at radius 2 is 2.36 bits per heavy atom. The van der Waals surface area contributed by atoms with Gasteiger partial charge in [0.15, 0.2) is 0 Å². The summed E-state index contributed by atoms with van der Waals surface area (Å²) < 4.78 is 4.60. The monoisotopic (exact) mass is 258 g/mol. The molecule has 0 unspecified atom stereocenters. The van der Waals surface area contributed by atoms with E-state index in [1.807, 2.05) is 0 Å². The molecule has 3 N–H and O–H groups in total. The zero-order valence-corrected chi connectivity index (χ0v) is 9.30. The molecule has 0 radical (unpaired) electrons. The highest BCUT2D eigenvalue weighted by Gasteiger charge is 2.08. The van der Waals surface area contributed by atoms with Gasteiger partial charge in [-0.3, -0.25) is 5.84 Å². The quantitative estimate of drug-likeness (QED) is 0.375. The molecule has 0 atom stereocenters. The van der Waals surface area contributed by atoms with Crippen molar-refractivity contribution < 1.29 is 9.53 Å². The Morgan fingerprint density at radius 3 is 2.86 bits per heavy atom. The van der Waals surface area contributed by atoms with Gasteiger partial charge in [-0.05, 0) is 23.8 Å². The first-order chi connectivity index (χ1) is 6.72. The van der Waals surface area contributed by atoms with Crippen LogP contribution in [-0.2, 0) is 10.1 Å². The number of rotatable bonds is 3. The van der Waals surface area contributed by atoms with Crippen molar-refractivity contribution in [2.24, 2.45) is 5.84 Å². The molecular weight excluding hydrogens is 248 g/mol. The van der Waals surface area contributed by atoms with Crippen LogP contribution in [0.5, 0.6) is 0 Å². The molecule has 0 aliphatic rings. The van der Waals surface area contributed by atoms with Gasteiger partial charge in [-0.2, -0.15) is 0 Å². The van der Waals surface area contributed by atoms with Crippen molar-refractivity contribution in [3.8, 4) is 0 Å². The lowest BCUT2D eigenvalue weighted by Crippen LogP contribution is -2.10. The number of benzene rings is 1. The Labute approximate surface area is 90.5 Å². The van der Waals surface area contributed by atoms with Gasteiger partial charge < -0.3 is 10.2 Å². The van der Waals surface area contributed by atoms with E-state index in [1.165, 1.54) is 7.11 Å². The Hall–Kier alpha value is -1.07. The summed E-state index contributed by atoms with van der Waals surface area (Å²) in [5.74, 6) is 4.95. The van der Waals surface area contributed by atoms with Crippen LogP contribution >= 0.6 is 15.9 Å². The third kappa shape index (κ3) is 2.24. The number of hydrogen-bond donors (Lipinski definition) is 2. The van der Waals surface area contributed by atoms with Gasteiger partial charge in [-0.15, -0.1) is 0 Å². The number of hydrazine groups is 1. The minimum absolute atomic E-state index is 0.351. The van der Waals surface area contributed by atoms with E-state index in [9.17, 15) is 4.79 Å². The molecule has 4 nitrogen and oxygen atoms in total. The number of anilines is 1. The number of nitrogens with two attached hydrogens (primary N) is 1. The number of carbonyl (C=O) groups excluding carboxylic acids is 1. The van der Waals surface area contributed by atoms with Crippen LogP contribution < -0.4 is 11.3 Å². The number of alkyl halides is 1. The van der Waals surface area contributed by atoms with Crippen LogP contribution in [0.1, 0.15) is 15.9 Å². The number of esters is 1. The van der Waals surface area contributed by atoms with Gasteiger partial charge >= 0.3 is 5.97 Å². The molecule has 5 heteroatoms. The summed E-state index contributed by atoms with van der Waals surface area (Å²) in [5, 5.41) is 0.622. The van der Waals surface area contributed by atoms with E-state index in [4.69, 9.17) is 5.84 Å². The lowest BCUT2D eigenvalue weighted by atomic mass is 10.1. The van der Waals surface area contributed by atoms with Gasteiger partial charge in [0.1, 0.15) is 0 Å². The van der Waals surface area contributed by atoms with Crippen molar-refractivity contribution in [1.82, 2.24) is 0 Å². The Balaban J connectivity index is 3.07. The Bertz CT molecular complexity index is 342. The molecule has 0 aliphatic heterocycles. The zero-order valence-electron chi connectivity index (χ0n) is 7.71. The van der Waals surface area contributed by atoms with Crippen LogP contribution in [0, 0.1) is 0 Å². The molecule has 1 rings (SSSR count).